The van der Waals surface area contributed by atoms with E-state index in [0.29, 0.717) is 0 Å². The SMILES string of the molecule is Cc1ccccc1[C@@H](O[Si](C)(C)C(C)(C)C)[C@@H](C)C=O. The third-order valence-electron chi connectivity index (χ3n) is 4.41. The van der Waals surface area contributed by atoms with Gasteiger partial charge in [-0.1, -0.05) is 52.0 Å². The van der Waals surface area contributed by atoms with Gasteiger partial charge in [-0.3, -0.25) is 0 Å². The van der Waals surface area contributed by atoms with Crippen LogP contribution in [0.5, 0.6) is 0 Å². The Morgan fingerprint density at radius 1 is 1.20 bits per heavy atom. The number of rotatable bonds is 5. The maximum absolute atomic E-state index is 11.3. The van der Waals surface area contributed by atoms with E-state index in [2.05, 4.69) is 52.9 Å². The minimum atomic E-state index is -1.91. The topological polar surface area (TPSA) is 26.3 Å². The van der Waals surface area contributed by atoms with Crippen LogP contribution in [0, 0.1) is 12.8 Å². The molecule has 112 valence electrons. The van der Waals surface area contributed by atoms with E-state index in [0.717, 1.165) is 11.8 Å². The van der Waals surface area contributed by atoms with Crippen LogP contribution in [0.4, 0.5) is 0 Å². The number of hydrogen-bond acceptors (Lipinski definition) is 2. The molecule has 0 spiro atoms. The molecule has 0 unspecified atom stereocenters. The first-order valence-corrected chi connectivity index (χ1v) is 10.2. The summed E-state index contributed by atoms with van der Waals surface area (Å²) in [5, 5.41) is 0.135. The van der Waals surface area contributed by atoms with Gasteiger partial charge in [0.2, 0.25) is 0 Å². The molecule has 0 heterocycles. The molecule has 0 fully saturated rings. The largest absolute Gasteiger partial charge is 0.409 e. The van der Waals surface area contributed by atoms with Gasteiger partial charge >= 0.3 is 0 Å². The molecule has 2 nitrogen and oxygen atoms in total. The number of aryl methyl sites for hydroxylation is 1. The molecular weight excluding hydrogens is 264 g/mol. The van der Waals surface area contributed by atoms with Crippen LogP contribution in [-0.2, 0) is 9.22 Å². The van der Waals surface area contributed by atoms with Crippen molar-refractivity contribution in [3.8, 4) is 0 Å². The lowest BCUT2D eigenvalue weighted by Gasteiger charge is -2.40. The lowest BCUT2D eigenvalue weighted by atomic mass is 9.95. The zero-order chi connectivity index (χ0) is 15.6. The number of aldehydes is 1. The monoisotopic (exact) mass is 292 g/mol. The molecule has 0 aromatic heterocycles. The summed E-state index contributed by atoms with van der Waals surface area (Å²) in [7, 11) is -1.91. The Bertz CT molecular complexity index is 460. The standard InChI is InChI=1S/C17H28O2Si/c1-13-10-8-9-11-15(13)16(14(2)12-18)19-20(6,7)17(3,4)5/h8-12,14,16H,1-7H3/t14-,16-/m0/s1. The van der Waals surface area contributed by atoms with Crippen molar-refractivity contribution < 1.29 is 9.22 Å². The van der Waals surface area contributed by atoms with E-state index >= 15 is 0 Å². The number of carbonyl (C=O) groups is 1. The molecule has 1 rings (SSSR count). The van der Waals surface area contributed by atoms with Crippen LogP contribution < -0.4 is 0 Å². The fraction of sp³-hybridized carbons (Fsp3) is 0.588. The van der Waals surface area contributed by atoms with Crippen molar-refractivity contribution in [2.75, 3.05) is 0 Å². The molecule has 0 aliphatic carbocycles. The molecule has 0 N–H and O–H groups in total. The van der Waals surface area contributed by atoms with Gasteiger partial charge in [-0.15, -0.1) is 0 Å². The predicted molar refractivity (Wildman–Crippen MR) is 87.4 cm³/mol. The quantitative estimate of drug-likeness (QED) is 0.570. The van der Waals surface area contributed by atoms with Gasteiger partial charge in [0.05, 0.1) is 6.10 Å². The second kappa shape index (κ2) is 6.23. The summed E-state index contributed by atoms with van der Waals surface area (Å²) in [4.78, 5) is 11.3. The molecule has 0 aliphatic heterocycles. The first-order chi connectivity index (χ1) is 9.10. The highest BCUT2D eigenvalue weighted by Gasteiger charge is 2.40. The fourth-order valence-electron chi connectivity index (χ4n) is 1.93. The van der Waals surface area contributed by atoms with Gasteiger partial charge in [-0.2, -0.15) is 0 Å². The summed E-state index contributed by atoms with van der Waals surface area (Å²) in [6.45, 7) is 15.1. The van der Waals surface area contributed by atoms with Crippen molar-refractivity contribution >= 4 is 14.6 Å². The zero-order valence-electron chi connectivity index (χ0n) is 13.9. The Morgan fingerprint density at radius 2 is 1.75 bits per heavy atom. The average Bonchev–Trinajstić information content (AvgIpc) is 2.34. The van der Waals surface area contributed by atoms with E-state index in [1.807, 2.05) is 19.1 Å². The molecule has 2 atom stereocenters. The first kappa shape index (κ1) is 17.1. The van der Waals surface area contributed by atoms with Crippen LogP contribution >= 0.6 is 0 Å². The molecule has 1 aromatic carbocycles. The third-order valence-corrected chi connectivity index (χ3v) is 8.87. The van der Waals surface area contributed by atoms with Crippen LogP contribution in [0.3, 0.4) is 0 Å². The number of benzene rings is 1. The highest BCUT2D eigenvalue weighted by Crippen LogP contribution is 2.41. The lowest BCUT2D eigenvalue weighted by Crippen LogP contribution is -2.43. The van der Waals surface area contributed by atoms with Crippen molar-refractivity contribution in [1.82, 2.24) is 0 Å². The Balaban J connectivity index is 3.16. The van der Waals surface area contributed by atoms with Crippen LogP contribution in [0.2, 0.25) is 18.1 Å². The summed E-state index contributed by atoms with van der Waals surface area (Å²) in [5.74, 6) is -0.134. The molecule has 0 radical (unpaired) electrons. The van der Waals surface area contributed by atoms with Gasteiger partial charge in [-0.25, -0.2) is 0 Å². The normalized spacial score (nSPS) is 15.8. The van der Waals surface area contributed by atoms with Crippen LogP contribution in [-0.4, -0.2) is 14.6 Å². The van der Waals surface area contributed by atoms with Gasteiger partial charge in [0, 0.05) is 5.92 Å². The Hall–Kier alpha value is -0.933. The van der Waals surface area contributed by atoms with Crippen molar-refractivity contribution in [1.29, 1.82) is 0 Å². The van der Waals surface area contributed by atoms with Crippen molar-refractivity contribution in [3.05, 3.63) is 35.4 Å². The van der Waals surface area contributed by atoms with Gasteiger partial charge in [0.1, 0.15) is 6.29 Å². The summed E-state index contributed by atoms with van der Waals surface area (Å²) in [6, 6.07) is 8.19. The molecule has 1 aromatic rings. The van der Waals surface area contributed by atoms with E-state index < -0.39 is 8.32 Å². The maximum atomic E-state index is 11.3. The summed E-state index contributed by atoms with van der Waals surface area (Å²) < 4.78 is 6.53. The molecule has 0 amide bonds. The minimum absolute atomic E-state index is 0.134. The fourth-order valence-corrected chi connectivity index (χ4v) is 3.26. The van der Waals surface area contributed by atoms with Gasteiger partial charge in [0.15, 0.2) is 8.32 Å². The predicted octanol–water partition coefficient (Wildman–Crippen LogP) is 4.89. The minimum Gasteiger partial charge on any atom is -0.409 e. The Kier molecular flexibility index (Phi) is 5.33. The van der Waals surface area contributed by atoms with Crippen molar-refractivity contribution in [3.63, 3.8) is 0 Å². The molecule has 3 heteroatoms. The van der Waals surface area contributed by atoms with E-state index in [-0.39, 0.29) is 17.1 Å². The van der Waals surface area contributed by atoms with Gasteiger partial charge in [-0.05, 0) is 36.2 Å². The van der Waals surface area contributed by atoms with E-state index in [1.165, 1.54) is 5.56 Å². The molecule has 0 saturated carbocycles. The summed E-state index contributed by atoms with van der Waals surface area (Å²) in [6.07, 6.45) is 0.860. The maximum Gasteiger partial charge on any atom is 0.192 e. The summed E-state index contributed by atoms with van der Waals surface area (Å²) in [5.41, 5.74) is 2.32. The molecule has 20 heavy (non-hydrogen) atoms. The number of carbonyl (C=O) groups excluding carboxylic acids is 1. The average molecular weight is 292 g/mol. The highest BCUT2D eigenvalue weighted by atomic mass is 28.4. The number of hydrogen-bond donors (Lipinski definition) is 0. The first-order valence-electron chi connectivity index (χ1n) is 7.29. The van der Waals surface area contributed by atoms with Crippen LogP contribution in [0.1, 0.15) is 44.9 Å². The van der Waals surface area contributed by atoms with E-state index in [9.17, 15) is 4.79 Å². The third kappa shape index (κ3) is 3.80. The molecular formula is C17H28O2Si. The van der Waals surface area contributed by atoms with Crippen LogP contribution in [0.25, 0.3) is 0 Å². The molecule has 0 bridgehead atoms. The summed E-state index contributed by atoms with van der Waals surface area (Å²) >= 11 is 0. The van der Waals surface area contributed by atoms with Crippen molar-refractivity contribution in [2.24, 2.45) is 5.92 Å². The second-order valence-corrected chi connectivity index (χ2v) is 11.9. The smallest absolute Gasteiger partial charge is 0.192 e. The second-order valence-electron chi connectivity index (χ2n) is 7.15. The van der Waals surface area contributed by atoms with Gasteiger partial charge < -0.3 is 9.22 Å². The lowest BCUT2D eigenvalue weighted by molar-refractivity contribution is -0.113. The zero-order valence-corrected chi connectivity index (χ0v) is 14.9. The van der Waals surface area contributed by atoms with E-state index in [1.54, 1.807) is 0 Å². The van der Waals surface area contributed by atoms with Crippen LogP contribution in [0.15, 0.2) is 24.3 Å². The Labute approximate surface area is 124 Å². The van der Waals surface area contributed by atoms with Crippen molar-refractivity contribution in [2.45, 2.75) is 58.9 Å². The highest BCUT2D eigenvalue weighted by molar-refractivity contribution is 6.74. The Morgan fingerprint density at radius 3 is 2.20 bits per heavy atom. The van der Waals surface area contributed by atoms with E-state index in [4.69, 9.17) is 4.43 Å². The molecule has 0 saturated heterocycles. The van der Waals surface area contributed by atoms with Gasteiger partial charge in [0.25, 0.3) is 0 Å². The molecule has 0 aliphatic rings.